The molecule has 1 heterocycles. The SMILES string of the molecule is Cc1ccc(Cl)cc1N1C(=O)CNC(=O)C1C(C)C. The number of benzene rings is 1. The van der Waals surface area contributed by atoms with Crippen LogP contribution in [0.25, 0.3) is 0 Å². The van der Waals surface area contributed by atoms with Crippen LogP contribution in [0.15, 0.2) is 18.2 Å². The summed E-state index contributed by atoms with van der Waals surface area (Å²) in [5.41, 5.74) is 1.64. The van der Waals surface area contributed by atoms with Crippen LogP contribution >= 0.6 is 11.6 Å². The summed E-state index contributed by atoms with van der Waals surface area (Å²) in [7, 11) is 0. The van der Waals surface area contributed by atoms with Crippen molar-refractivity contribution in [3.05, 3.63) is 28.8 Å². The Bertz CT molecular complexity index is 528. The highest BCUT2D eigenvalue weighted by molar-refractivity contribution is 6.31. The third-order valence-electron chi connectivity index (χ3n) is 3.29. The molecule has 1 unspecified atom stereocenters. The van der Waals surface area contributed by atoms with Crippen molar-refractivity contribution in [1.29, 1.82) is 0 Å². The van der Waals surface area contributed by atoms with Crippen molar-refractivity contribution in [2.24, 2.45) is 5.92 Å². The second-order valence-electron chi connectivity index (χ2n) is 5.10. The Kier molecular flexibility index (Phi) is 3.80. The van der Waals surface area contributed by atoms with Crippen molar-refractivity contribution in [2.45, 2.75) is 26.8 Å². The molecule has 1 aliphatic heterocycles. The van der Waals surface area contributed by atoms with Crippen molar-refractivity contribution in [2.75, 3.05) is 11.4 Å². The summed E-state index contributed by atoms with van der Waals surface area (Å²) in [6.07, 6.45) is 0. The van der Waals surface area contributed by atoms with Gasteiger partial charge in [0.05, 0.1) is 6.54 Å². The van der Waals surface area contributed by atoms with Crippen LogP contribution in [0.4, 0.5) is 5.69 Å². The molecule has 0 saturated carbocycles. The van der Waals surface area contributed by atoms with Crippen LogP contribution in [0, 0.1) is 12.8 Å². The number of amides is 2. The predicted octanol–water partition coefficient (Wildman–Crippen LogP) is 2.14. The molecule has 5 heteroatoms. The van der Waals surface area contributed by atoms with Crippen molar-refractivity contribution in [1.82, 2.24) is 5.32 Å². The zero-order valence-corrected chi connectivity index (χ0v) is 12.0. The third-order valence-corrected chi connectivity index (χ3v) is 3.53. The van der Waals surface area contributed by atoms with E-state index in [1.807, 2.05) is 26.8 Å². The van der Waals surface area contributed by atoms with Gasteiger partial charge in [0, 0.05) is 10.7 Å². The van der Waals surface area contributed by atoms with E-state index in [0.29, 0.717) is 10.7 Å². The molecule has 1 atom stereocenters. The first-order valence-corrected chi connectivity index (χ1v) is 6.65. The molecule has 4 nitrogen and oxygen atoms in total. The smallest absolute Gasteiger partial charge is 0.247 e. The number of anilines is 1. The first kappa shape index (κ1) is 13.9. The summed E-state index contributed by atoms with van der Waals surface area (Å²) in [4.78, 5) is 25.8. The molecule has 1 aromatic carbocycles. The maximum absolute atomic E-state index is 12.2. The molecule has 0 spiro atoms. The van der Waals surface area contributed by atoms with Gasteiger partial charge in [0.25, 0.3) is 0 Å². The molecule has 2 amide bonds. The van der Waals surface area contributed by atoms with Gasteiger partial charge in [-0.2, -0.15) is 0 Å². The Hall–Kier alpha value is -1.55. The average Bonchev–Trinajstić information content (AvgIpc) is 2.34. The zero-order chi connectivity index (χ0) is 14.2. The molecular weight excluding hydrogens is 264 g/mol. The minimum atomic E-state index is -0.488. The van der Waals surface area contributed by atoms with E-state index in [-0.39, 0.29) is 24.3 Å². The maximum Gasteiger partial charge on any atom is 0.247 e. The molecule has 0 radical (unpaired) electrons. The molecule has 0 aromatic heterocycles. The van der Waals surface area contributed by atoms with Gasteiger partial charge < -0.3 is 5.32 Å². The number of piperazine rings is 1. The van der Waals surface area contributed by atoms with Crippen LogP contribution in [-0.4, -0.2) is 24.4 Å². The normalized spacial score (nSPS) is 19.8. The quantitative estimate of drug-likeness (QED) is 0.902. The van der Waals surface area contributed by atoms with Crippen LogP contribution < -0.4 is 10.2 Å². The lowest BCUT2D eigenvalue weighted by Crippen LogP contribution is -2.60. The number of nitrogens with zero attached hydrogens (tertiary/aromatic N) is 1. The Morgan fingerprint density at radius 3 is 2.68 bits per heavy atom. The average molecular weight is 281 g/mol. The molecule has 1 fully saturated rings. The van der Waals surface area contributed by atoms with E-state index in [1.165, 1.54) is 0 Å². The van der Waals surface area contributed by atoms with Gasteiger partial charge in [-0.3, -0.25) is 14.5 Å². The molecule has 1 aliphatic rings. The Balaban J connectivity index is 2.51. The van der Waals surface area contributed by atoms with E-state index in [9.17, 15) is 9.59 Å². The largest absolute Gasteiger partial charge is 0.345 e. The lowest BCUT2D eigenvalue weighted by atomic mass is 9.97. The summed E-state index contributed by atoms with van der Waals surface area (Å²) < 4.78 is 0. The van der Waals surface area contributed by atoms with Crippen LogP contribution in [0.5, 0.6) is 0 Å². The third kappa shape index (κ3) is 2.59. The summed E-state index contributed by atoms with van der Waals surface area (Å²) in [6.45, 7) is 5.79. The van der Waals surface area contributed by atoms with E-state index < -0.39 is 6.04 Å². The summed E-state index contributed by atoms with van der Waals surface area (Å²) in [5, 5.41) is 3.19. The number of carbonyl (C=O) groups excluding carboxylic acids is 2. The minimum Gasteiger partial charge on any atom is -0.345 e. The highest BCUT2D eigenvalue weighted by atomic mass is 35.5. The number of halogens is 1. The van der Waals surface area contributed by atoms with Gasteiger partial charge in [-0.05, 0) is 30.5 Å². The Morgan fingerprint density at radius 2 is 2.05 bits per heavy atom. The van der Waals surface area contributed by atoms with Crippen molar-refractivity contribution >= 4 is 29.1 Å². The van der Waals surface area contributed by atoms with Gasteiger partial charge in [0.15, 0.2) is 0 Å². The molecule has 1 aromatic rings. The number of rotatable bonds is 2. The van der Waals surface area contributed by atoms with E-state index >= 15 is 0 Å². The Labute approximate surface area is 117 Å². The molecule has 2 rings (SSSR count). The fraction of sp³-hybridized carbons (Fsp3) is 0.429. The zero-order valence-electron chi connectivity index (χ0n) is 11.2. The predicted molar refractivity (Wildman–Crippen MR) is 75.3 cm³/mol. The monoisotopic (exact) mass is 280 g/mol. The van der Waals surface area contributed by atoms with Gasteiger partial charge in [0.2, 0.25) is 11.8 Å². The number of nitrogens with one attached hydrogen (secondary N) is 1. The van der Waals surface area contributed by atoms with Crippen LogP contribution in [0.2, 0.25) is 5.02 Å². The molecular formula is C14H17ClN2O2. The van der Waals surface area contributed by atoms with Crippen molar-refractivity contribution in [3.8, 4) is 0 Å². The molecule has 1 saturated heterocycles. The number of aryl methyl sites for hydroxylation is 1. The molecule has 0 bridgehead atoms. The first-order valence-electron chi connectivity index (χ1n) is 6.27. The number of hydrogen-bond acceptors (Lipinski definition) is 2. The van der Waals surface area contributed by atoms with E-state index in [1.54, 1.807) is 17.0 Å². The summed E-state index contributed by atoms with van der Waals surface area (Å²) in [6, 6.07) is 4.88. The highest BCUT2D eigenvalue weighted by Gasteiger charge is 2.38. The van der Waals surface area contributed by atoms with Crippen LogP contribution in [0.1, 0.15) is 19.4 Å². The summed E-state index contributed by atoms with van der Waals surface area (Å²) in [5.74, 6) is -0.194. The fourth-order valence-corrected chi connectivity index (χ4v) is 2.52. The van der Waals surface area contributed by atoms with Gasteiger partial charge >= 0.3 is 0 Å². The maximum atomic E-state index is 12.2. The number of hydrogen-bond donors (Lipinski definition) is 1. The van der Waals surface area contributed by atoms with Crippen LogP contribution in [-0.2, 0) is 9.59 Å². The van der Waals surface area contributed by atoms with Crippen molar-refractivity contribution < 1.29 is 9.59 Å². The van der Waals surface area contributed by atoms with Gasteiger partial charge in [-0.1, -0.05) is 31.5 Å². The second kappa shape index (κ2) is 5.21. The molecule has 19 heavy (non-hydrogen) atoms. The van der Waals surface area contributed by atoms with Gasteiger partial charge in [-0.15, -0.1) is 0 Å². The Morgan fingerprint density at radius 1 is 1.37 bits per heavy atom. The standard InChI is InChI=1S/C14H17ClN2O2/c1-8(2)13-14(19)16-7-12(18)17(13)11-6-10(15)5-4-9(11)3/h4-6,8,13H,7H2,1-3H3,(H,16,19). The second-order valence-corrected chi connectivity index (χ2v) is 5.54. The van der Waals surface area contributed by atoms with E-state index in [4.69, 9.17) is 11.6 Å². The van der Waals surface area contributed by atoms with Gasteiger partial charge in [0.1, 0.15) is 6.04 Å². The highest BCUT2D eigenvalue weighted by Crippen LogP contribution is 2.29. The molecule has 0 aliphatic carbocycles. The van der Waals surface area contributed by atoms with E-state index in [0.717, 1.165) is 5.56 Å². The lowest BCUT2D eigenvalue weighted by molar-refractivity contribution is -0.131. The lowest BCUT2D eigenvalue weighted by Gasteiger charge is -2.38. The first-order chi connectivity index (χ1) is 8.91. The van der Waals surface area contributed by atoms with Crippen LogP contribution in [0.3, 0.4) is 0 Å². The number of carbonyl (C=O) groups is 2. The minimum absolute atomic E-state index is 0.0302. The summed E-state index contributed by atoms with van der Waals surface area (Å²) >= 11 is 6.01. The van der Waals surface area contributed by atoms with Gasteiger partial charge in [-0.25, -0.2) is 0 Å². The molecule has 102 valence electrons. The topological polar surface area (TPSA) is 49.4 Å². The fourth-order valence-electron chi connectivity index (χ4n) is 2.35. The molecule has 1 N–H and O–H groups in total. The van der Waals surface area contributed by atoms with Crippen molar-refractivity contribution in [3.63, 3.8) is 0 Å². The van der Waals surface area contributed by atoms with E-state index in [2.05, 4.69) is 5.32 Å².